The summed E-state index contributed by atoms with van der Waals surface area (Å²) in [6.07, 6.45) is 8.80. The summed E-state index contributed by atoms with van der Waals surface area (Å²) in [5.74, 6) is 1.32. The highest BCUT2D eigenvalue weighted by Gasteiger charge is 2.48. The number of nitrogens with one attached hydrogen (secondary N) is 1. The van der Waals surface area contributed by atoms with Gasteiger partial charge in [-0.25, -0.2) is 17.1 Å². The Hall–Kier alpha value is -2.39. The van der Waals surface area contributed by atoms with E-state index in [4.69, 9.17) is 4.99 Å². The molecule has 4 rings (SSSR count). The second kappa shape index (κ2) is 11.6. The number of amides is 1. The van der Waals surface area contributed by atoms with E-state index in [1.165, 1.54) is 4.31 Å². The number of sulfonamides is 1. The van der Waals surface area contributed by atoms with Gasteiger partial charge in [-0.05, 0) is 81.4 Å². The van der Waals surface area contributed by atoms with Crippen LogP contribution in [0, 0.1) is 18.8 Å². The van der Waals surface area contributed by atoms with Gasteiger partial charge >= 0.3 is 0 Å². The number of hydrogen-bond donors (Lipinski definition) is 1. The summed E-state index contributed by atoms with van der Waals surface area (Å²) >= 11 is 0. The number of halogens is 1. The van der Waals surface area contributed by atoms with E-state index in [0.717, 1.165) is 48.2 Å². The van der Waals surface area contributed by atoms with Gasteiger partial charge in [-0.2, -0.15) is 0 Å². The molecule has 2 fully saturated rings. The molecule has 0 aromatic heterocycles. The van der Waals surface area contributed by atoms with Crippen molar-refractivity contribution < 1.29 is 22.4 Å². The molecule has 0 bridgehead atoms. The van der Waals surface area contributed by atoms with Crippen molar-refractivity contribution in [1.82, 2.24) is 9.62 Å². The van der Waals surface area contributed by atoms with Gasteiger partial charge in [0.25, 0.3) is 5.91 Å². The van der Waals surface area contributed by atoms with Gasteiger partial charge < -0.3 is 5.32 Å². The maximum absolute atomic E-state index is 13.1. The Morgan fingerprint density at radius 3 is 2.54 bits per heavy atom. The molecule has 1 N–H and O–H groups in total. The Kier molecular flexibility index (Phi) is 8.63. The molecule has 1 spiro atoms. The summed E-state index contributed by atoms with van der Waals surface area (Å²) in [7, 11) is -3.47. The van der Waals surface area contributed by atoms with E-state index in [9.17, 15) is 22.4 Å². The first-order chi connectivity index (χ1) is 17.6. The summed E-state index contributed by atoms with van der Waals surface area (Å²) in [6, 6.07) is 5.76. The van der Waals surface area contributed by atoms with Crippen molar-refractivity contribution in [2.45, 2.75) is 70.8 Å². The number of nitrogens with zero attached hydrogens (tertiary/aromatic N) is 2. The maximum atomic E-state index is 13.1. The number of ketones is 1. The van der Waals surface area contributed by atoms with Crippen molar-refractivity contribution in [2.75, 3.05) is 25.5 Å². The number of allylic oxidation sites excluding steroid dienone is 2. The largest absolute Gasteiger partial charge is 0.312 e. The van der Waals surface area contributed by atoms with Crippen LogP contribution in [0.5, 0.6) is 0 Å². The molecule has 2 aliphatic heterocycles. The number of Topliss-reactive ketones (excluding diaryl/α,β-unsaturated/α-hetero) is 1. The number of aryl methyl sites for hydroxylation is 2. The fraction of sp³-hybridized carbons (Fsp3) is 0.607. The highest BCUT2D eigenvalue weighted by Crippen LogP contribution is 2.36. The monoisotopic (exact) mass is 531 g/mol. The molecular formula is C28H38FN3O4S. The van der Waals surface area contributed by atoms with Gasteiger partial charge in [-0.3, -0.25) is 14.6 Å². The van der Waals surface area contributed by atoms with Crippen LogP contribution in [-0.2, 0) is 32.5 Å². The molecule has 3 aliphatic rings. The normalized spacial score (nSPS) is 24.4. The SMILES string of the molecule is CC(=O)Cc1ccc(CCS(=O)(=O)N2CCC3(CC2)N=C(C2CCC(/C=C/CF)CC2)NC3=O)c(C)c1. The molecule has 1 saturated heterocycles. The maximum Gasteiger partial charge on any atom is 0.253 e. The van der Waals surface area contributed by atoms with Gasteiger partial charge in [-0.15, -0.1) is 0 Å². The molecule has 0 atom stereocenters. The molecular weight excluding hydrogens is 493 g/mol. The molecule has 9 heteroatoms. The number of hydrogen-bond acceptors (Lipinski definition) is 5. The van der Waals surface area contributed by atoms with E-state index >= 15 is 0 Å². The lowest BCUT2D eigenvalue weighted by molar-refractivity contribution is -0.125. The molecule has 202 valence electrons. The smallest absolute Gasteiger partial charge is 0.253 e. The predicted molar refractivity (Wildman–Crippen MR) is 143 cm³/mol. The van der Waals surface area contributed by atoms with E-state index in [2.05, 4.69) is 5.32 Å². The standard InChI is InChI=1S/C28H38FN3O4S/c1-20-18-23(19-21(2)33)7-8-24(20)11-17-37(35,36)32-15-12-28(13-16-32)27(34)30-26(31-28)25-9-5-22(6-10-25)4-3-14-29/h3-4,7-8,18,22,25H,5-6,9-17,19H2,1-2H3,(H,30,31,34)/b4-3+. The third-order valence-corrected chi connectivity index (χ3v) is 9.96. The molecule has 0 radical (unpaired) electrons. The highest BCUT2D eigenvalue weighted by molar-refractivity contribution is 7.89. The predicted octanol–water partition coefficient (Wildman–Crippen LogP) is 3.69. The lowest BCUT2D eigenvalue weighted by atomic mass is 9.81. The summed E-state index contributed by atoms with van der Waals surface area (Å²) in [4.78, 5) is 29.2. The van der Waals surface area contributed by atoms with Gasteiger partial charge in [0.15, 0.2) is 0 Å². The summed E-state index contributed by atoms with van der Waals surface area (Å²) < 4.78 is 40.1. The number of rotatable bonds is 9. The number of piperidine rings is 1. The molecule has 7 nitrogen and oxygen atoms in total. The number of benzene rings is 1. The van der Waals surface area contributed by atoms with Gasteiger partial charge in [0.2, 0.25) is 10.0 Å². The zero-order chi connectivity index (χ0) is 26.6. The van der Waals surface area contributed by atoms with Crippen molar-refractivity contribution in [2.24, 2.45) is 16.8 Å². The van der Waals surface area contributed by atoms with Crippen LogP contribution in [0.3, 0.4) is 0 Å². The fourth-order valence-corrected chi connectivity index (χ4v) is 7.32. The number of carbonyl (C=O) groups excluding carboxylic acids is 2. The molecule has 1 aromatic carbocycles. The Bertz CT molecular complexity index is 1180. The fourth-order valence-electron chi connectivity index (χ4n) is 5.84. The van der Waals surface area contributed by atoms with Crippen LogP contribution in [0.4, 0.5) is 4.39 Å². The first-order valence-electron chi connectivity index (χ1n) is 13.3. The summed E-state index contributed by atoms with van der Waals surface area (Å²) in [6.45, 7) is 3.62. The van der Waals surface area contributed by atoms with Crippen LogP contribution in [0.1, 0.15) is 62.1 Å². The Morgan fingerprint density at radius 2 is 1.92 bits per heavy atom. The van der Waals surface area contributed by atoms with Crippen molar-refractivity contribution >= 4 is 27.5 Å². The van der Waals surface area contributed by atoms with Gasteiger partial charge in [-0.1, -0.05) is 30.4 Å². The first kappa shape index (κ1) is 27.6. The minimum Gasteiger partial charge on any atom is -0.312 e. The first-order valence-corrected chi connectivity index (χ1v) is 14.9. The van der Waals surface area contributed by atoms with Crippen LogP contribution >= 0.6 is 0 Å². The van der Waals surface area contributed by atoms with Crippen LogP contribution in [0.25, 0.3) is 0 Å². The van der Waals surface area contributed by atoms with Crippen LogP contribution in [-0.4, -0.2) is 61.3 Å². The molecule has 1 aromatic rings. The van der Waals surface area contributed by atoms with Crippen LogP contribution < -0.4 is 5.32 Å². The second-order valence-electron chi connectivity index (χ2n) is 10.8. The van der Waals surface area contributed by atoms with E-state index < -0.39 is 22.2 Å². The van der Waals surface area contributed by atoms with Crippen molar-refractivity contribution in [3.05, 3.63) is 47.0 Å². The Morgan fingerprint density at radius 1 is 1.22 bits per heavy atom. The lowest BCUT2D eigenvalue weighted by Gasteiger charge is -2.34. The molecule has 1 aliphatic carbocycles. The molecule has 2 heterocycles. The topological polar surface area (TPSA) is 95.9 Å². The highest BCUT2D eigenvalue weighted by atomic mass is 32.2. The van der Waals surface area contributed by atoms with E-state index in [0.29, 0.717) is 31.6 Å². The van der Waals surface area contributed by atoms with Crippen molar-refractivity contribution in [3.8, 4) is 0 Å². The molecule has 0 unspecified atom stereocenters. The lowest BCUT2D eigenvalue weighted by Crippen LogP contribution is -2.51. The van der Waals surface area contributed by atoms with Crippen molar-refractivity contribution in [1.29, 1.82) is 0 Å². The molecule has 1 saturated carbocycles. The Labute approximate surface area is 219 Å². The quantitative estimate of drug-likeness (QED) is 0.492. The van der Waals surface area contributed by atoms with Gasteiger partial charge in [0.05, 0.1) is 5.75 Å². The molecule has 37 heavy (non-hydrogen) atoms. The number of carbonyl (C=O) groups is 2. The minimum absolute atomic E-state index is 0.00764. The van der Waals surface area contributed by atoms with E-state index in [1.54, 1.807) is 13.0 Å². The summed E-state index contributed by atoms with van der Waals surface area (Å²) in [5, 5.41) is 3.01. The Balaban J connectivity index is 1.32. The number of amidine groups is 1. The zero-order valence-corrected chi connectivity index (χ0v) is 22.7. The average molecular weight is 532 g/mol. The third-order valence-electron chi connectivity index (χ3n) is 8.09. The number of alkyl halides is 1. The third kappa shape index (κ3) is 6.55. The molecule has 1 amide bonds. The summed E-state index contributed by atoms with van der Waals surface area (Å²) in [5.41, 5.74) is 2.02. The number of aliphatic imine (C=N–C) groups is 1. The van der Waals surface area contributed by atoms with Crippen molar-refractivity contribution in [3.63, 3.8) is 0 Å². The average Bonchev–Trinajstić information content (AvgIpc) is 3.17. The van der Waals surface area contributed by atoms with Crippen LogP contribution in [0.15, 0.2) is 35.3 Å². The van der Waals surface area contributed by atoms with Crippen LogP contribution in [0.2, 0.25) is 0 Å². The minimum atomic E-state index is -3.47. The van der Waals surface area contributed by atoms with Gasteiger partial charge in [0, 0.05) is 25.4 Å². The van der Waals surface area contributed by atoms with Gasteiger partial charge in [0.1, 0.15) is 23.8 Å². The van der Waals surface area contributed by atoms with E-state index in [-0.39, 0.29) is 36.5 Å². The van der Waals surface area contributed by atoms with E-state index in [1.807, 2.05) is 31.2 Å². The second-order valence-corrected chi connectivity index (χ2v) is 12.9. The zero-order valence-electron chi connectivity index (χ0n) is 21.8.